The molecule has 6 aromatic carbocycles. The van der Waals surface area contributed by atoms with Gasteiger partial charge in [0.25, 0.3) is 0 Å². The Bertz CT molecular complexity index is 1880. The molecule has 0 fully saturated rings. The van der Waals surface area contributed by atoms with Gasteiger partial charge in [0.1, 0.15) is 0 Å². The van der Waals surface area contributed by atoms with Crippen molar-refractivity contribution in [2.75, 3.05) is 4.90 Å². The number of nitrogens with zero attached hydrogens (tertiary/aromatic N) is 2. The molecule has 0 bridgehead atoms. The molecule has 0 radical (unpaired) electrons. The van der Waals surface area contributed by atoms with E-state index in [9.17, 15) is 0 Å². The molecule has 0 unspecified atom stereocenters. The molecule has 1 aromatic heterocycles. The molecule has 2 nitrogen and oxygen atoms in total. The molecule has 7 aromatic rings. The highest BCUT2D eigenvalue weighted by Gasteiger charge is 2.18. The summed E-state index contributed by atoms with van der Waals surface area (Å²) < 4.78 is 3.42. The number of anilines is 3. The molecule has 0 atom stereocenters. The van der Waals surface area contributed by atoms with Gasteiger partial charge in [-0.3, -0.25) is 0 Å². The van der Waals surface area contributed by atoms with Crippen LogP contribution in [0, 0.1) is 0 Å². The standard InChI is InChI=1S/C34H23BrN2/c35-25-17-19-27(20-18-25)36(32-16-8-10-24-9-4-5-13-29(24)32)28-21-22-34-31(23-28)30-14-6-7-15-33(30)37(34)26-11-2-1-3-12-26/h1-23H. The van der Waals surface area contributed by atoms with Crippen LogP contribution in [0.5, 0.6) is 0 Å². The van der Waals surface area contributed by atoms with Gasteiger partial charge in [-0.25, -0.2) is 0 Å². The average Bonchev–Trinajstić information content (AvgIpc) is 3.29. The summed E-state index contributed by atoms with van der Waals surface area (Å²) >= 11 is 3.61. The molecular weight excluding hydrogens is 516 g/mol. The van der Waals surface area contributed by atoms with Gasteiger partial charge in [-0.15, -0.1) is 0 Å². The van der Waals surface area contributed by atoms with E-state index >= 15 is 0 Å². The first-order chi connectivity index (χ1) is 18.3. The van der Waals surface area contributed by atoms with Crippen molar-refractivity contribution < 1.29 is 0 Å². The lowest BCUT2D eigenvalue weighted by Gasteiger charge is -2.27. The maximum atomic E-state index is 3.61. The summed E-state index contributed by atoms with van der Waals surface area (Å²) in [6, 6.07) is 49.8. The van der Waals surface area contributed by atoms with Crippen LogP contribution in [0.25, 0.3) is 38.3 Å². The molecule has 0 saturated carbocycles. The van der Waals surface area contributed by atoms with Crippen LogP contribution in [-0.2, 0) is 0 Å². The highest BCUT2D eigenvalue weighted by Crippen LogP contribution is 2.42. The lowest BCUT2D eigenvalue weighted by atomic mass is 10.1. The Hall–Kier alpha value is -4.34. The molecule has 176 valence electrons. The van der Waals surface area contributed by atoms with E-state index in [1.165, 1.54) is 38.3 Å². The molecule has 37 heavy (non-hydrogen) atoms. The minimum atomic E-state index is 1.07. The first kappa shape index (κ1) is 21.9. The van der Waals surface area contributed by atoms with Gasteiger partial charge in [0, 0.05) is 37.7 Å². The fraction of sp³-hybridized carbons (Fsp3) is 0. The van der Waals surface area contributed by atoms with Crippen LogP contribution in [-0.4, -0.2) is 4.57 Å². The van der Waals surface area contributed by atoms with Gasteiger partial charge < -0.3 is 9.47 Å². The smallest absolute Gasteiger partial charge is 0.0542 e. The number of halogens is 1. The van der Waals surface area contributed by atoms with Gasteiger partial charge in [-0.2, -0.15) is 0 Å². The molecule has 0 aliphatic rings. The van der Waals surface area contributed by atoms with Gasteiger partial charge in [0.05, 0.1) is 16.7 Å². The maximum absolute atomic E-state index is 3.61. The van der Waals surface area contributed by atoms with Gasteiger partial charge in [0.2, 0.25) is 0 Å². The summed E-state index contributed by atoms with van der Waals surface area (Å²) in [5.74, 6) is 0. The molecule has 0 amide bonds. The van der Waals surface area contributed by atoms with Crippen molar-refractivity contribution in [2.45, 2.75) is 0 Å². The molecule has 0 aliphatic carbocycles. The van der Waals surface area contributed by atoms with E-state index in [2.05, 4.69) is 165 Å². The zero-order chi connectivity index (χ0) is 24.8. The van der Waals surface area contributed by atoms with Crippen molar-refractivity contribution in [2.24, 2.45) is 0 Å². The normalized spacial score (nSPS) is 11.4. The average molecular weight is 539 g/mol. The lowest BCUT2D eigenvalue weighted by molar-refractivity contribution is 1.18. The van der Waals surface area contributed by atoms with Crippen molar-refractivity contribution in [3.8, 4) is 5.69 Å². The van der Waals surface area contributed by atoms with Crippen LogP contribution in [0.15, 0.2) is 144 Å². The van der Waals surface area contributed by atoms with Crippen LogP contribution in [0.3, 0.4) is 0 Å². The SMILES string of the molecule is Brc1ccc(N(c2ccc3c(c2)c2ccccc2n3-c2ccccc2)c2cccc3ccccc23)cc1. The number of hydrogen-bond acceptors (Lipinski definition) is 1. The first-order valence-corrected chi connectivity index (χ1v) is 13.2. The van der Waals surface area contributed by atoms with Gasteiger partial charge in [0.15, 0.2) is 0 Å². The Balaban J connectivity index is 1.52. The molecule has 0 spiro atoms. The molecule has 7 rings (SSSR count). The zero-order valence-corrected chi connectivity index (χ0v) is 21.6. The molecule has 0 aliphatic heterocycles. The quantitative estimate of drug-likeness (QED) is 0.216. The zero-order valence-electron chi connectivity index (χ0n) is 20.1. The lowest BCUT2D eigenvalue weighted by Crippen LogP contribution is -2.10. The summed E-state index contributed by atoms with van der Waals surface area (Å²) in [5, 5.41) is 4.93. The van der Waals surface area contributed by atoms with Gasteiger partial charge in [-0.1, -0.05) is 88.7 Å². The molecule has 0 saturated heterocycles. The largest absolute Gasteiger partial charge is 0.310 e. The Morgan fingerprint density at radius 2 is 1.14 bits per heavy atom. The van der Waals surface area contributed by atoms with E-state index in [0.717, 1.165) is 21.5 Å². The van der Waals surface area contributed by atoms with E-state index in [0.29, 0.717) is 0 Å². The van der Waals surface area contributed by atoms with Crippen LogP contribution in [0.1, 0.15) is 0 Å². The highest BCUT2D eigenvalue weighted by molar-refractivity contribution is 9.10. The second kappa shape index (κ2) is 8.95. The summed E-state index contributed by atoms with van der Waals surface area (Å²) in [7, 11) is 0. The number of aromatic nitrogens is 1. The van der Waals surface area contributed by atoms with Gasteiger partial charge in [-0.05, 0) is 72.1 Å². The number of para-hydroxylation sites is 2. The minimum Gasteiger partial charge on any atom is -0.310 e. The van der Waals surface area contributed by atoms with Crippen LogP contribution in [0.2, 0.25) is 0 Å². The summed E-state index contributed by atoms with van der Waals surface area (Å²) in [5.41, 5.74) is 6.98. The minimum absolute atomic E-state index is 1.07. The third-order valence-corrected chi connectivity index (χ3v) is 7.55. The van der Waals surface area contributed by atoms with Crippen molar-refractivity contribution in [3.05, 3.63) is 144 Å². The number of hydrogen-bond donors (Lipinski definition) is 0. The predicted octanol–water partition coefficient (Wildman–Crippen LogP) is 10.2. The fourth-order valence-electron chi connectivity index (χ4n) is 5.38. The van der Waals surface area contributed by atoms with E-state index in [1.54, 1.807) is 0 Å². The third kappa shape index (κ3) is 3.71. The number of benzene rings is 6. The molecule has 1 heterocycles. The topological polar surface area (TPSA) is 8.17 Å². The van der Waals surface area contributed by atoms with E-state index in [-0.39, 0.29) is 0 Å². The fourth-order valence-corrected chi connectivity index (χ4v) is 5.64. The van der Waals surface area contributed by atoms with Crippen molar-refractivity contribution in [1.82, 2.24) is 4.57 Å². The van der Waals surface area contributed by atoms with Crippen molar-refractivity contribution in [1.29, 1.82) is 0 Å². The summed E-state index contributed by atoms with van der Waals surface area (Å²) in [6.45, 7) is 0. The molecule has 0 N–H and O–H groups in total. The Labute approximate surface area is 224 Å². The second-order valence-corrected chi connectivity index (χ2v) is 10.1. The number of rotatable bonds is 4. The summed E-state index contributed by atoms with van der Waals surface area (Å²) in [4.78, 5) is 2.36. The number of fused-ring (bicyclic) bond motifs is 4. The van der Waals surface area contributed by atoms with Crippen molar-refractivity contribution >= 4 is 65.6 Å². The third-order valence-electron chi connectivity index (χ3n) is 7.02. The predicted molar refractivity (Wildman–Crippen MR) is 161 cm³/mol. The Morgan fingerprint density at radius 1 is 0.486 bits per heavy atom. The van der Waals surface area contributed by atoms with E-state index in [1.807, 2.05) is 0 Å². The molecular formula is C34H23BrN2. The maximum Gasteiger partial charge on any atom is 0.0542 e. The highest BCUT2D eigenvalue weighted by atomic mass is 79.9. The Kier molecular flexibility index (Phi) is 5.30. The van der Waals surface area contributed by atoms with E-state index < -0.39 is 0 Å². The Morgan fingerprint density at radius 3 is 1.97 bits per heavy atom. The van der Waals surface area contributed by atoms with E-state index in [4.69, 9.17) is 0 Å². The van der Waals surface area contributed by atoms with Crippen molar-refractivity contribution in [3.63, 3.8) is 0 Å². The second-order valence-electron chi connectivity index (χ2n) is 9.20. The monoisotopic (exact) mass is 538 g/mol. The van der Waals surface area contributed by atoms with Crippen LogP contribution >= 0.6 is 15.9 Å². The van der Waals surface area contributed by atoms with Crippen LogP contribution < -0.4 is 4.90 Å². The first-order valence-electron chi connectivity index (χ1n) is 12.4. The molecule has 3 heteroatoms. The van der Waals surface area contributed by atoms with Gasteiger partial charge >= 0.3 is 0 Å². The van der Waals surface area contributed by atoms with Crippen LogP contribution in [0.4, 0.5) is 17.1 Å². The summed E-state index contributed by atoms with van der Waals surface area (Å²) in [6.07, 6.45) is 0.